The van der Waals surface area contributed by atoms with Crippen LogP contribution in [-0.4, -0.2) is 35.8 Å². The minimum absolute atomic E-state index is 0.104. The lowest BCUT2D eigenvalue weighted by Gasteiger charge is -2.23. The molecule has 144 valence electrons. The zero-order chi connectivity index (χ0) is 20.1. The van der Waals surface area contributed by atoms with E-state index in [0.717, 1.165) is 6.42 Å². The fourth-order valence-electron chi connectivity index (χ4n) is 3.13. The highest BCUT2D eigenvalue weighted by atomic mass is 35.5. The summed E-state index contributed by atoms with van der Waals surface area (Å²) in [5.74, 6) is -0.415. The van der Waals surface area contributed by atoms with Gasteiger partial charge < -0.3 is 10.6 Å². The van der Waals surface area contributed by atoms with E-state index in [1.54, 1.807) is 42.5 Å². The maximum absolute atomic E-state index is 12.7. The first-order valence-electron chi connectivity index (χ1n) is 8.76. The van der Waals surface area contributed by atoms with Gasteiger partial charge in [0, 0.05) is 10.7 Å². The number of carbonyl (C=O) groups excluding carboxylic acids is 2. The van der Waals surface area contributed by atoms with Crippen LogP contribution in [0.1, 0.15) is 18.4 Å². The Morgan fingerprint density at radius 2 is 1.89 bits per heavy atom. The van der Waals surface area contributed by atoms with Crippen molar-refractivity contribution < 1.29 is 9.59 Å². The summed E-state index contributed by atoms with van der Waals surface area (Å²) in [6.45, 7) is 0.764. The molecule has 1 unspecified atom stereocenters. The minimum Gasteiger partial charge on any atom is -0.325 e. The van der Waals surface area contributed by atoms with Crippen molar-refractivity contribution in [3.05, 3.63) is 58.1 Å². The summed E-state index contributed by atoms with van der Waals surface area (Å²) in [4.78, 5) is 26.9. The Morgan fingerprint density at radius 1 is 1.14 bits per heavy atom. The fourth-order valence-corrected chi connectivity index (χ4v) is 3.59. The number of likely N-dealkylation sites (tertiary alicyclic amines) is 1. The second kappa shape index (κ2) is 9.07. The van der Waals surface area contributed by atoms with Crippen LogP contribution >= 0.6 is 23.2 Å². The van der Waals surface area contributed by atoms with Gasteiger partial charge in [0.25, 0.3) is 0 Å². The average Bonchev–Trinajstić information content (AvgIpc) is 3.12. The highest BCUT2D eigenvalue weighted by molar-refractivity contribution is 6.36. The van der Waals surface area contributed by atoms with Gasteiger partial charge in [0.05, 0.1) is 34.9 Å². The van der Waals surface area contributed by atoms with Gasteiger partial charge in [-0.25, -0.2) is 0 Å². The molecule has 1 aliphatic rings. The third-order valence-electron chi connectivity index (χ3n) is 4.50. The number of amides is 2. The van der Waals surface area contributed by atoms with Crippen molar-refractivity contribution in [1.29, 1.82) is 5.26 Å². The summed E-state index contributed by atoms with van der Waals surface area (Å²) < 4.78 is 0. The van der Waals surface area contributed by atoms with Crippen LogP contribution in [0.25, 0.3) is 0 Å². The number of nitriles is 1. The third-order valence-corrected chi connectivity index (χ3v) is 5.05. The van der Waals surface area contributed by atoms with Crippen LogP contribution in [-0.2, 0) is 9.59 Å². The first kappa shape index (κ1) is 20.2. The summed E-state index contributed by atoms with van der Waals surface area (Å²) in [6, 6.07) is 13.1. The van der Waals surface area contributed by atoms with Crippen LogP contribution in [0.4, 0.5) is 11.4 Å². The SMILES string of the molecule is N#Cc1ccc(NC(=O)CN2CCCC2C(=O)Nc2ccc(Cl)cc2Cl)cc1. The van der Waals surface area contributed by atoms with E-state index in [1.165, 1.54) is 0 Å². The van der Waals surface area contributed by atoms with Gasteiger partial charge in [0.1, 0.15) is 0 Å². The van der Waals surface area contributed by atoms with E-state index in [9.17, 15) is 9.59 Å². The molecule has 0 radical (unpaired) electrons. The summed E-state index contributed by atoms with van der Waals surface area (Å²) in [5.41, 5.74) is 1.62. The largest absolute Gasteiger partial charge is 0.325 e. The molecular formula is C20H18Cl2N4O2. The van der Waals surface area contributed by atoms with E-state index in [-0.39, 0.29) is 18.4 Å². The maximum Gasteiger partial charge on any atom is 0.241 e. The first-order valence-corrected chi connectivity index (χ1v) is 9.52. The van der Waals surface area contributed by atoms with Gasteiger partial charge in [0.2, 0.25) is 11.8 Å². The fraction of sp³-hybridized carbons (Fsp3) is 0.250. The number of carbonyl (C=O) groups is 2. The number of halogens is 2. The second-order valence-corrected chi connectivity index (χ2v) is 7.32. The standard InChI is InChI=1S/C20H18Cl2N4O2/c21-14-5-8-17(16(22)10-14)25-20(28)18-2-1-9-26(18)12-19(27)24-15-6-3-13(11-23)4-7-15/h3-8,10,18H,1-2,9,12H2,(H,24,27)(H,25,28). The van der Waals surface area contributed by atoms with Gasteiger partial charge in [-0.3, -0.25) is 14.5 Å². The lowest BCUT2D eigenvalue weighted by molar-refractivity contribution is -0.122. The van der Waals surface area contributed by atoms with Crippen LogP contribution < -0.4 is 10.6 Å². The monoisotopic (exact) mass is 416 g/mol. The molecule has 1 heterocycles. The minimum atomic E-state index is -0.404. The highest BCUT2D eigenvalue weighted by Gasteiger charge is 2.32. The number of benzene rings is 2. The number of nitrogens with zero attached hydrogens (tertiary/aromatic N) is 2. The van der Waals surface area contributed by atoms with Gasteiger partial charge in [-0.15, -0.1) is 0 Å². The highest BCUT2D eigenvalue weighted by Crippen LogP contribution is 2.27. The topological polar surface area (TPSA) is 85.2 Å². The van der Waals surface area contributed by atoms with Crippen molar-refractivity contribution in [1.82, 2.24) is 4.90 Å². The molecule has 0 saturated carbocycles. The van der Waals surface area contributed by atoms with Gasteiger partial charge in [-0.05, 0) is 61.9 Å². The van der Waals surface area contributed by atoms with Crippen molar-refractivity contribution in [3.63, 3.8) is 0 Å². The van der Waals surface area contributed by atoms with Crippen LogP contribution in [0.15, 0.2) is 42.5 Å². The number of rotatable bonds is 5. The van der Waals surface area contributed by atoms with Gasteiger partial charge in [-0.1, -0.05) is 23.2 Å². The van der Waals surface area contributed by atoms with Gasteiger partial charge in [0.15, 0.2) is 0 Å². The van der Waals surface area contributed by atoms with Crippen LogP contribution in [0.5, 0.6) is 0 Å². The molecule has 1 aliphatic heterocycles. The Hall–Kier alpha value is -2.59. The molecule has 1 fully saturated rings. The molecule has 2 aromatic carbocycles. The first-order chi connectivity index (χ1) is 13.5. The summed E-state index contributed by atoms with van der Waals surface area (Å²) in [7, 11) is 0. The summed E-state index contributed by atoms with van der Waals surface area (Å²) in [5, 5.41) is 15.3. The summed E-state index contributed by atoms with van der Waals surface area (Å²) in [6.07, 6.45) is 1.50. The van der Waals surface area contributed by atoms with Crippen molar-refractivity contribution in [2.24, 2.45) is 0 Å². The zero-order valence-corrected chi connectivity index (χ0v) is 16.4. The maximum atomic E-state index is 12.7. The van der Waals surface area contributed by atoms with Gasteiger partial charge in [-0.2, -0.15) is 5.26 Å². The van der Waals surface area contributed by atoms with Crippen LogP contribution in [0.3, 0.4) is 0 Å². The van der Waals surface area contributed by atoms with Crippen molar-refractivity contribution >= 4 is 46.4 Å². The molecule has 0 bridgehead atoms. The molecule has 1 atom stereocenters. The molecule has 0 aromatic heterocycles. The lowest BCUT2D eigenvalue weighted by atomic mass is 10.2. The number of hydrogen-bond donors (Lipinski definition) is 2. The van der Waals surface area contributed by atoms with E-state index in [4.69, 9.17) is 28.5 Å². The van der Waals surface area contributed by atoms with Gasteiger partial charge >= 0.3 is 0 Å². The molecule has 3 rings (SSSR count). The lowest BCUT2D eigenvalue weighted by Crippen LogP contribution is -2.43. The Balaban J connectivity index is 1.59. The van der Waals surface area contributed by atoms with E-state index in [2.05, 4.69) is 10.6 Å². The third kappa shape index (κ3) is 5.02. The molecule has 2 amide bonds. The van der Waals surface area contributed by atoms with Crippen molar-refractivity contribution in [3.8, 4) is 6.07 Å². The molecular weight excluding hydrogens is 399 g/mol. The average molecular weight is 417 g/mol. The van der Waals surface area contributed by atoms with Crippen molar-refractivity contribution in [2.75, 3.05) is 23.7 Å². The van der Waals surface area contributed by atoms with E-state index in [1.807, 2.05) is 11.0 Å². The number of anilines is 2. The molecule has 0 spiro atoms. The number of nitrogens with one attached hydrogen (secondary N) is 2. The quantitative estimate of drug-likeness (QED) is 0.773. The molecule has 2 N–H and O–H groups in total. The Labute approximate surface area is 173 Å². The van der Waals surface area contributed by atoms with Crippen LogP contribution in [0.2, 0.25) is 10.0 Å². The van der Waals surface area contributed by atoms with Crippen molar-refractivity contribution in [2.45, 2.75) is 18.9 Å². The van der Waals surface area contributed by atoms with E-state index in [0.29, 0.717) is 39.9 Å². The Morgan fingerprint density at radius 3 is 2.57 bits per heavy atom. The Kier molecular flexibility index (Phi) is 6.53. The molecule has 28 heavy (non-hydrogen) atoms. The molecule has 2 aromatic rings. The second-order valence-electron chi connectivity index (χ2n) is 6.48. The predicted octanol–water partition coefficient (Wildman–Crippen LogP) is 3.91. The number of hydrogen-bond acceptors (Lipinski definition) is 4. The molecule has 6 nitrogen and oxygen atoms in total. The molecule has 8 heteroatoms. The predicted molar refractivity (Wildman–Crippen MR) is 109 cm³/mol. The Bertz CT molecular complexity index is 925. The smallest absolute Gasteiger partial charge is 0.241 e. The zero-order valence-electron chi connectivity index (χ0n) is 14.9. The molecule has 0 aliphatic carbocycles. The van der Waals surface area contributed by atoms with E-state index >= 15 is 0 Å². The van der Waals surface area contributed by atoms with Crippen LogP contribution in [0, 0.1) is 11.3 Å². The van der Waals surface area contributed by atoms with E-state index < -0.39 is 6.04 Å². The normalized spacial score (nSPS) is 16.4. The molecule has 1 saturated heterocycles. The summed E-state index contributed by atoms with van der Waals surface area (Å²) >= 11 is 12.0.